The third-order valence-corrected chi connectivity index (χ3v) is 7.87. The van der Waals surface area contributed by atoms with Crippen molar-refractivity contribution in [3.63, 3.8) is 0 Å². The zero-order valence-electron chi connectivity index (χ0n) is 23.6. The summed E-state index contributed by atoms with van der Waals surface area (Å²) in [7, 11) is 1.69. The normalized spacial score (nSPS) is 13.8. The molecule has 4 aromatic carbocycles. The van der Waals surface area contributed by atoms with Crippen molar-refractivity contribution >= 4 is 16.6 Å². The van der Waals surface area contributed by atoms with Crippen molar-refractivity contribution in [2.75, 3.05) is 13.7 Å². The molecule has 0 amide bonds. The highest BCUT2D eigenvalue weighted by Gasteiger charge is 2.24. The van der Waals surface area contributed by atoms with Crippen LogP contribution < -0.4 is 15.8 Å². The Balaban J connectivity index is 1.29. The number of ether oxygens (including phenoxy) is 1. The van der Waals surface area contributed by atoms with Crippen molar-refractivity contribution in [2.45, 2.75) is 38.8 Å². The number of benzene rings is 4. The maximum atomic E-state index is 13.6. The van der Waals surface area contributed by atoms with Gasteiger partial charge in [-0.15, -0.1) is 0 Å². The van der Waals surface area contributed by atoms with Crippen LogP contribution in [0.5, 0.6) is 5.75 Å². The van der Waals surface area contributed by atoms with E-state index in [9.17, 15) is 4.79 Å². The van der Waals surface area contributed by atoms with E-state index in [0.29, 0.717) is 18.7 Å². The van der Waals surface area contributed by atoms with Gasteiger partial charge in [0.05, 0.1) is 24.5 Å². The molecule has 0 bridgehead atoms. The van der Waals surface area contributed by atoms with Crippen molar-refractivity contribution in [3.05, 3.63) is 125 Å². The van der Waals surface area contributed by atoms with Crippen molar-refractivity contribution < 1.29 is 9.53 Å². The van der Waals surface area contributed by atoms with Crippen molar-refractivity contribution in [2.24, 2.45) is 11.7 Å². The topological polar surface area (TPSA) is 82.2 Å². The van der Waals surface area contributed by atoms with Crippen molar-refractivity contribution in [1.82, 2.24) is 15.1 Å². The van der Waals surface area contributed by atoms with Crippen LogP contribution in [0, 0.1) is 12.8 Å². The number of ketones is 1. The van der Waals surface area contributed by atoms with Gasteiger partial charge in [0, 0.05) is 13.0 Å². The standard InChI is InChI=1S/C35H36N4O2/c1-23-15-33(39(38-23)31-8-4-6-26(17-31)21-36)34(40)18-25-5-3-7-29(16-25)35(37-22-24-9-10-24)30-12-11-28-20-32(41-2)14-13-27(28)19-30/h3-8,11-17,19-20,24,35,37H,9-10,18,21-22,36H2,1-2H3. The Bertz CT molecular complexity index is 1700. The first-order valence-corrected chi connectivity index (χ1v) is 14.3. The van der Waals surface area contributed by atoms with Gasteiger partial charge in [-0.05, 0) is 102 Å². The number of fused-ring (bicyclic) bond motifs is 1. The predicted octanol–water partition coefficient (Wildman–Crippen LogP) is 6.32. The van der Waals surface area contributed by atoms with Crippen molar-refractivity contribution in [1.29, 1.82) is 0 Å². The quantitative estimate of drug-likeness (QED) is 0.190. The number of nitrogens with one attached hydrogen (secondary N) is 1. The van der Waals surface area contributed by atoms with Gasteiger partial charge in [-0.2, -0.15) is 5.10 Å². The first-order chi connectivity index (χ1) is 20.0. The summed E-state index contributed by atoms with van der Waals surface area (Å²) in [5.41, 5.74) is 12.4. The molecule has 6 nitrogen and oxygen atoms in total. The Morgan fingerprint density at radius 2 is 1.71 bits per heavy atom. The molecule has 1 aliphatic carbocycles. The van der Waals surface area contributed by atoms with E-state index >= 15 is 0 Å². The highest BCUT2D eigenvalue weighted by molar-refractivity contribution is 5.96. The second kappa shape index (κ2) is 11.7. The largest absolute Gasteiger partial charge is 0.497 e. The highest BCUT2D eigenvalue weighted by Crippen LogP contribution is 2.32. The second-order valence-electron chi connectivity index (χ2n) is 11.1. The minimum absolute atomic E-state index is 0.0306. The minimum atomic E-state index is 0.0306. The first kappa shape index (κ1) is 26.9. The lowest BCUT2D eigenvalue weighted by Gasteiger charge is -2.21. The number of methoxy groups -OCH3 is 1. The Labute approximate surface area is 241 Å². The van der Waals surface area contributed by atoms with Gasteiger partial charge in [-0.3, -0.25) is 4.79 Å². The lowest BCUT2D eigenvalue weighted by atomic mass is 9.93. The van der Waals surface area contributed by atoms with Crippen LogP contribution in [0.25, 0.3) is 16.5 Å². The number of aryl methyl sites for hydroxylation is 1. The fourth-order valence-electron chi connectivity index (χ4n) is 5.45. The monoisotopic (exact) mass is 544 g/mol. The predicted molar refractivity (Wildman–Crippen MR) is 164 cm³/mol. The van der Waals surface area contributed by atoms with Crippen molar-refractivity contribution in [3.8, 4) is 11.4 Å². The van der Waals surface area contributed by atoms with Gasteiger partial charge < -0.3 is 15.8 Å². The number of nitrogens with two attached hydrogens (primary N) is 1. The molecule has 1 unspecified atom stereocenters. The molecule has 0 spiro atoms. The van der Waals surface area contributed by atoms with Gasteiger partial charge in [0.2, 0.25) is 0 Å². The summed E-state index contributed by atoms with van der Waals surface area (Å²) in [5, 5.41) is 10.8. The molecule has 1 heterocycles. The van der Waals surface area contributed by atoms with Crippen LogP contribution in [-0.4, -0.2) is 29.2 Å². The summed E-state index contributed by atoms with van der Waals surface area (Å²) in [6.07, 6.45) is 2.86. The van der Waals surface area contributed by atoms with Crippen LogP contribution in [0.15, 0.2) is 91.0 Å². The summed E-state index contributed by atoms with van der Waals surface area (Å²) in [4.78, 5) is 13.6. The third-order valence-electron chi connectivity index (χ3n) is 7.87. The summed E-state index contributed by atoms with van der Waals surface area (Å²) in [6.45, 7) is 3.33. The summed E-state index contributed by atoms with van der Waals surface area (Å²) >= 11 is 0. The number of carbonyl (C=O) groups is 1. The molecule has 0 radical (unpaired) electrons. The van der Waals surface area contributed by atoms with Crippen LogP contribution in [0.3, 0.4) is 0 Å². The Morgan fingerprint density at radius 3 is 2.51 bits per heavy atom. The molecular formula is C35H36N4O2. The maximum absolute atomic E-state index is 13.6. The molecule has 1 saturated carbocycles. The first-order valence-electron chi connectivity index (χ1n) is 14.3. The average Bonchev–Trinajstić information content (AvgIpc) is 3.75. The number of nitrogens with zero attached hydrogens (tertiary/aromatic N) is 2. The number of carbonyl (C=O) groups excluding carboxylic acids is 1. The van der Waals surface area contributed by atoms with Gasteiger partial charge in [0.1, 0.15) is 11.4 Å². The molecule has 5 aromatic rings. The van der Waals surface area contributed by atoms with E-state index in [1.54, 1.807) is 11.8 Å². The van der Waals surface area contributed by atoms with Crippen LogP contribution in [0.1, 0.15) is 57.3 Å². The average molecular weight is 545 g/mol. The number of aromatic nitrogens is 2. The summed E-state index contributed by atoms with van der Waals surface area (Å²) < 4.78 is 7.15. The van der Waals surface area contributed by atoms with Gasteiger partial charge in [0.15, 0.2) is 5.78 Å². The molecule has 1 aliphatic rings. The minimum Gasteiger partial charge on any atom is -0.497 e. The molecule has 1 atom stereocenters. The number of hydrogen-bond acceptors (Lipinski definition) is 5. The number of rotatable bonds is 11. The summed E-state index contributed by atoms with van der Waals surface area (Å²) in [6, 6.07) is 31.0. The molecular weight excluding hydrogens is 508 g/mol. The highest BCUT2D eigenvalue weighted by atomic mass is 16.5. The molecule has 1 aromatic heterocycles. The van der Waals surface area contributed by atoms with Gasteiger partial charge in [0.25, 0.3) is 0 Å². The Kier molecular flexibility index (Phi) is 7.68. The molecule has 6 heteroatoms. The van der Waals surface area contributed by atoms with Crippen LogP contribution in [0.2, 0.25) is 0 Å². The molecule has 41 heavy (non-hydrogen) atoms. The van der Waals surface area contributed by atoms with E-state index in [4.69, 9.17) is 10.5 Å². The molecule has 6 rings (SSSR count). The number of Topliss-reactive ketones (excluding diaryl/α,β-unsaturated/α-hetero) is 1. The molecule has 0 aliphatic heterocycles. The van der Waals surface area contributed by atoms with E-state index < -0.39 is 0 Å². The van der Waals surface area contributed by atoms with Gasteiger partial charge >= 0.3 is 0 Å². The van der Waals surface area contributed by atoms with Crippen LogP contribution in [0.4, 0.5) is 0 Å². The fraction of sp³-hybridized carbons (Fsp3) is 0.257. The molecule has 0 saturated heterocycles. The second-order valence-corrected chi connectivity index (χ2v) is 11.1. The SMILES string of the molecule is COc1ccc2cc(C(NCC3CC3)c3cccc(CC(=O)c4cc(C)nn4-c4cccc(CN)c4)c3)ccc2c1. The van der Waals surface area contributed by atoms with Crippen LogP contribution in [-0.2, 0) is 13.0 Å². The van der Waals surface area contributed by atoms with E-state index in [1.807, 2.05) is 49.4 Å². The Morgan fingerprint density at radius 1 is 0.951 bits per heavy atom. The van der Waals surface area contributed by atoms with E-state index in [-0.39, 0.29) is 11.8 Å². The zero-order chi connectivity index (χ0) is 28.3. The van der Waals surface area contributed by atoms with Gasteiger partial charge in [-0.25, -0.2) is 4.68 Å². The third kappa shape index (κ3) is 6.09. The smallest absolute Gasteiger partial charge is 0.185 e. The lowest BCUT2D eigenvalue weighted by molar-refractivity contribution is 0.0985. The van der Waals surface area contributed by atoms with E-state index in [0.717, 1.165) is 51.7 Å². The van der Waals surface area contributed by atoms with E-state index in [2.05, 4.69) is 58.9 Å². The molecule has 3 N–H and O–H groups in total. The lowest BCUT2D eigenvalue weighted by Crippen LogP contribution is -2.24. The summed E-state index contributed by atoms with van der Waals surface area (Å²) in [5.74, 6) is 1.63. The van der Waals surface area contributed by atoms with E-state index in [1.165, 1.54) is 23.8 Å². The maximum Gasteiger partial charge on any atom is 0.185 e. The Hall–Kier alpha value is -4.26. The molecule has 208 valence electrons. The molecule has 1 fully saturated rings. The van der Waals surface area contributed by atoms with Crippen LogP contribution >= 0.6 is 0 Å². The number of hydrogen-bond donors (Lipinski definition) is 2. The fourth-order valence-corrected chi connectivity index (χ4v) is 5.45. The zero-order valence-corrected chi connectivity index (χ0v) is 23.6. The van der Waals surface area contributed by atoms with Gasteiger partial charge in [-0.1, -0.05) is 54.6 Å².